The van der Waals surface area contributed by atoms with Crippen molar-refractivity contribution in [3.63, 3.8) is 0 Å². The van der Waals surface area contributed by atoms with Gasteiger partial charge in [-0.2, -0.15) is 0 Å². The van der Waals surface area contributed by atoms with Gasteiger partial charge in [0.25, 0.3) is 0 Å². The summed E-state index contributed by atoms with van der Waals surface area (Å²) >= 11 is 0. The summed E-state index contributed by atoms with van der Waals surface area (Å²) in [6.45, 7) is 21.2. The molecule has 0 amide bonds. The van der Waals surface area contributed by atoms with Gasteiger partial charge in [-0.05, 0) is 56.3 Å². The van der Waals surface area contributed by atoms with Crippen molar-refractivity contribution in [3.8, 4) is 33.8 Å². The zero-order valence-corrected chi connectivity index (χ0v) is 26.9. The molecule has 0 spiro atoms. The molecular formula is C40H44N2O2. The summed E-state index contributed by atoms with van der Waals surface area (Å²) in [4.78, 5) is 9.10. The fraction of sp³-hybridized carbons (Fsp3) is 0.250. The molecule has 4 heteroatoms. The molecule has 4 aromatic carbocycles. The summed E-state index contributed by atoms with van der Waals surface area (Å²) in [5.74, 6) is 0.489. The van der Waals surface area contributed by atoms with Crippen LogP contribution in [0.4, 0.5) is 0 Å². The zero-order valence-electron chi connectivity index (χ0n) is 26.9. The van der Waals surface area contributed by atoms with Gasteiger partial charge < -0.3 is 10.2 Å². The smallest absolute Gasteiger partial charge is 0.128 e. The number of benzene rings is 4. The molecule has 0 unspecified atom stereocenters. The van der Waals surface area contributed by atoms with Crippen LogP contribution < -0.4 is 0 Å². The second-order valence-electron chi connectivity index (χ2n) is 13.1. The van der Waals surface area contributed by atoms with Crippen molar-refractivity contribution in [1.82, 2.24) is 0 Å². The maximum absolute atomic E-state index is 11.3. The van der Waals surface area contributed by atoms with Crippen molar-refractivity contribution >= 4 is 24.6 Å². The molecule has 0 aliphatic rings. The molecule has 44 heavy (non-hydrogen) atoms. The Balaban J connectivity index is 1.51. The van der Waals surface area contributed by atoms with E-state index in [-0.39, 0.29) is 22.3 Å². The first-order valence-electron chi connectivity index (χ1n) is 15.0. The molecule has 0 atom stereocenters. The van der Waals surface area contributed by atoms with Crippen LogP contribution in [0.25, 0.3) is 34.4 Å². The first kappa shape index (κ1) is 32.2. The first-order chi connectivity index (χ1) is 20.8. The highest BCUT2D eigenvalue weighted by Gasteiger charge is 2.25. The summed E-state index contributed by atoms with van der Waals surface area (Å²) in [5, 5.41) is 22.6. The van der Waals surface area contributed by atoms with Gasteiger partial charge in [0.2, 0.25) is 0 Å². The van der Waals surface area contributed by atoms with E-state index in [9.17, 15) is 10.2 Å². The van der Waals surface area contributed by atoms with Gasteiger partial charge in [0.15, 0.2) is 0 Å². The normalized spacial score (nSPS) is 12.2. The monoisotopic (exact) mass is 584 g/mol. The third kappa shape index (κ3) is 7.26. The lowest BCUT2D eigenvalue weighted by Crippen LogP contribution is -2.14. The van der Waals surface area contributed by atoms with E-state index in [0.29, 0.717) is 24.2 Å². The van der Waals surface area contributed by atoms with Gasteiger partial charge in [0.1, 0.15) is 11.5 Å². The lowest BCUT2D eigenvalue weighted by molar-refractivity contribution is 0.446. The van der Waals surface area contributed by atoms with E-state index in [4.69, 9.17) is 0 Å². The quantitative estimate of drug-likeness (QED) is 0.152. The van der Waals surface area contributed by atoms with Crippen LogP contribution in [0.2, 0.25) is 0 Å². The van der Waals surface area contributed by atoms with Gasteiger partial charge >= 0.3 is 0 Å². The maximum atomic E-state index is 11.3. The Morgan fingerprint density at radius 1 is 0.545 bits per heavy atom. The number of phenols is 2. The maximum Gasteiger partial charge on any atom is 0.128 e. The van der Waals surface area contributed by atoms with Crippen LogP contribution >= 0.6 is 0 Å². The van der Waals surface area contributed by atoms with Gasteiger partial charge in [-0.25, -0.2) is 0 Å². The molecule has 0 aromatic heterocycles. The Kier molecular flexibility index (Phi) is 9.74. The van der Waals surface area contributed by atoms with Crippen molar-refractivity contribution in [2.45, 2.75) is 52.4 Å². The minimum atomic E-state index is -0.275. The zero-order chi connectivity index (χ0) is 32.1. The third-order valence-electron chi connectivity index (χ3n) is 7.65. The van der Waals surface area contributed by atoms with Crippen LogP contribution in [0.1, 0.15) is 74.9 Å². The Hall–Kier alpha value is -4.70. The molecule has 226 valence electrons. The number of hydrogen-bond donors (Lipinski definition) is 2. The molecule has 4 rings (SSSR count). The van der Waals surface area contributed by atoms with E-state index < -0.39 is 0 Å². The molecular weight excluding hydrogens is 540 g/mol. The molecule has 0 bridgehead atoms. The van der Waals surface area contributed by atoms with Crippen molar-refractivity contribution in [2.75, 3.05) is 13.1 Å². The second kappa shape index (κ2) is 13.3. The Morgan fingerprint density at radius 3 is 1.18 bits per heavy atom. The standard InChI is InChI=1S/C40H44N2O2/c1-9-27-11-15-29(16-12-27)33-21-19-31(37(43)35(33)39(3,4)5)25-41-23-24-42-26-32-20-22-34(36(38(32)44)40(6,7)8)30-17-13-28(10-2)14-18-30/h9-22,25-26,43-44H,1-2,23-24H2,3-8H3. The number of aliphatic imine (C=N–C) groups is 2. The van der Waals surface area contributed by atoms with E-state index in [0.717, 1.165) is 44.5 Å². The number of rotatable bonds is 9. The fourth-order valence-electron chi connectivity index (χ4n) is 5.46. The summed E-state index contributed by atoms with van der Waals surface area (Å²) in [6.07, 6.45) is 7.07. The molecule has 0 aliphatic heterocycles. The average molecular weight is 585 g/mol. The van der Waals surface area contributed by atoms with Crippen LogP contribution in [0, 0.1) is 0 Å². The lowest BCUT2D eigenvalue weighted by atomic mass is 9.80. The van der Waals surface area contributed by atoms with Crippen molar-refractivity contribution in [2.24, 2.45) is 9.98 Å². The van der Waals surface area contributed by atoms with Crippen molar-refractivity contribution < 1.29 is 10.2 Å². The molecule has 0 fully saturated rings. The van der Waals surface area contributed by atoms with Crippen LogP contribution in [0.3, 0.4) is 0 Å². The number of hydrogen-bond acceptors (Lipinski definition) is 4. The number of aromatic hydroxyl groups is 2. The molecule has 0 saturated carbocycles. The van der Waals surface area contributed by atoms with Crippen LogP contribution in [0.5, 0.6) is 11.5 Å². The van der Waals surface area contributed by atoms with E-state index >= 15 is 0 Å². The topological polar surface area (TPSA) is 65.2 Å². The Bertz CT molecular complexity index is 1570. The van der Waals surface area contributed by atoms with Crippen LogP contribution in [-0.4, -0.2) is 35.7 Å². The van der Waals surface area contributed by atoms with Crippen LogP contribution in [-0.2, 0) is 10.8 Å². The van der Waals surface area contributed by atoms with Crippen molar-refractivity contribution in [3.05, 3.63) is 119 Å². The Labute approximate surface area is 262 Å². The van der Waals surface area contributed by atoms with E-state index in [1.807, 2.05) is 48.6 Å². The molecule has 0 saturated heterocycles. The van der Waals surface area contributed by atoms with Gasteiger partial charge in [-0.3, -0.25) is 9.98 Å². The van der Waals surface area contributed by atoms with Gasteiger partial charge in [0, 0.05) is 34.7 Å². The van der Waals surface area contributed by atoms with Gasteiger partial charge in [0.05, 0.1) is 13.1 Å². The number of phenolic OH excluding ortho intramolecular Hbond substituents is 2. The molecule has 4 nitrogen and oxygen atoms in total. The minimum Gasteiger partial charge on any atom is -0.507 e. The summed E-state index contributed by atoms with van der Waals surface area (Å²) < 4.78 is 0. The average Bonchev–Trinajstić information content (AvgIpc) is 2.98. The van der Waals surface area contributed by atoms with E-state index in [1.165, 1.54) is 0 Å². The molecule has 0 radical (unpaired) electrons. The predicted octanol–water partition coefficient (Wildman–Crippen LogP) is 9.85. The summed E-state index contributed by atoms with van der Waals surface area (Å²) in [7, 11) is 0. The Morgan fingerprint density at radius 2 is 0.886 bits per heavy atom. The third-order valence-corrected chi connectivity index (χ3v) is 7.65. The molecule has 4 aromatic rings. The summed E-state index contributed by atoms with van der Waals surface area (Å²) in [5.41, 5.74) is 8.78. The van der Waals surface area contributed by atoms with Gasteiger partial charge in [-0.15, -0.1) is 0 Å². The highest BCUT2D eigenvalue weighted by atomic mass is 16.3. The number of nitrogens with zero attached hydrogens (tertiary/aromatic N) is 2. The highest BCUT2D eigenvalue weighted by molar-refractivity contribution is 5.89. The van der Waals surface area contributed by atoms with E-state index in [1.54, 1.807) is 12.4 Å². The van der Waals surface area contributed by atoms with E-state index in [2.05, 4.69) is 101 Å². The van der Waals surface area contributed by atoms with Crippen molar-refractivity contribution in [1.29, 1.82) is 0 Å². The SMILES string of the molecule is C=Cc1ccc(-c2ccc(C=NCCN=Cc3ccc(-c4ccc(C=C)cc4)c(C(C)(C)C)c3O)c(O)c2C(C)(C)C)cc1. The molecule has 0 aliphatic carbocycles. The largest absolute Gasteiger partial charge is 0.507 e. The first-order valence-corrected chi connectivity index (χ1v) is 15.0. The molecule has 2 N–H and O–H groups in total. The van der Waals surface area contributed by atoms with Gasteiger partial charge in [-0.1, -0.05) is 128 Å². The predicted molar refractivity (Wildman–Crippen MR) is 190 cm³/mol. The summed E-state index contributed by atoms with van der Waals surface area (Å²) in [6, 6.07) is 24.3. The lowest BCUT2D eigenvalue weighted by Gasteiger charge is -2.25. The van der Waals surface area contributed by atoms with Crippen LogP contribution in [0.15, 0.2) is 95.9 Å². The second-order valence-corrected chi connectivity index (χ2v) is 13.1. The molecule has 0 heterocycles. The fourth-order valence-corrected chi connectivity index (χ4v) is 5.46. The highest BCUT2D eigenvalue weighted by Crippen LogP contribution is 2.42. The minimum absolute atomic E-state index is 0.244.